The van der Waals surface area contributed by atoms with E-state index >= 15 is 0 Å². The van der Waals surface area contributed by atoms with Gasteiger partial charge in [-0.15, -0.1) is 0 Å². The van der Waals surface area contributed by atoms with Crippen molar-refractivity contribution in [2.45, 2.75) is 37.6 Å². The molecular weight excluding hydrogens is 312 g/mol. The van der Waals surface area contributed by atoms with Gasteiger partial charge >= 0.3 is 0 Å². The van der Waals surface area contributed by atoms with E-state index in [1.165, 1.54) is 13.2 Å². The van der Waals surface area contributed by atoms with E-state index in [-0.39, 0.29) is 4.90 Å². The van der Waals surface area contributed by atoms with Crippen LogP contribution in [0.5, 0.6) is 5.75 Å². The van der Waals surface area contributed by atoms with Crippen molar-refractivity contribution >= 4 is 21.6 Å². The van der Waals surface area contributed by atoms with Gasteiger partial charge in [-0.2, -0.15) is 0 Å². The van der Waals surface area contributed by atoms with E-state index in [1.807, 2.05) is 0 Å². The number of ether oxygens (including phenoxy) is 1. The molecule has 0 aliphatic heterocycles. The zero-order valence-electron chi connectivity index (χ0n) is 12.7. The molecule has 21 heavy (non-hydrogen) atoms. The smallest absolute Gasteiger partial charge is 0.244 e. The van der Waals surface area contributed by atoms with Gasteiger partial charge in [0.15, 0.2) is 0 Å². The van der Waals surface area contributed by atoms with Gasteiger partial charge in [0, 0.05) is 23.7 Å². The minimum absolute atomic E-state index is 0.0826. The number of unbranched alkanes of at least 4 members (excludes halogenated alkanes) is 2. The Morgan fingerprint density at radius 3 is 2.57 bits per heavy atom. The quantitative estimate of drug-likeness (QED) is 0.681. The third-order valence-electron chi connectivity index (χ3n) is 3.03. The summed E-state index contributed by atoms with van der Waals surface area (Å²) in [6.07, 6.45) is 2.83. The molecule has 0 atom stereocenters. The summed E-state index contributed by atoms with van der Waals surface area (Å²) in [5.74, 6) is 0.330. The molecule has 2 N–H and O–H groups in total. The van der Waals surface area contributed by atoms with E-state index in [2.05, 4.69) is 17.0 Å². The zero-order valence-corrected chi connectivity index (χ0v) is 14.3. The predicted molar refractivity (Wildman–Crippen MR) is 85.5 cm³/mol. The molecule has 0 saturated heterocycles. The molecule has 1 aromatic carbocycles. The van der Waals surface area contributed by atoms with Crippen LogP contribution >= 0.6 is 11.6 Å². The van der Waals surface area contributed by atoms with E-state index < -0.39 is 10.0 Å². The van der Waals surface area contributed by atoms with Crippen LogP contribution in [0.2, 0.25) is 5.02 Å². The van der Waals surface area contributed by atoms with Crippen LogP contribution in [0.25, 0.3) is 0 Å². The monoisotopic (exact) mass is 334 g/mol. The van der Waals surface area contributed by atoms with Crippen molar-refractivity contribution in [1.29, 1.82) is 0 Å². The lowest BCUT2D eigenvalue weighted by molar-refractivity contribution is 0.396. The molecule has 0 fully saturated rings. The van der Waals surface area contributed by atoms with E-state index in [1.54, 1.807) is 13.1 Å². The fourth-order valence-corrected chi connectivity index (χ4v) is 3.65. The average molecular weight is 335 g/mol. The highest BCUT2D eigenvalue weighted by molar-refractivity contribution is 7.89. The highest BCUT2D eigenvalue weighted by Crippen LogP contribution is 2.31. The van der Waals surface area contributed by atoms with Crippen molar-refractivity contribution < 1.29 is 13.2 Å². The number of nitrogens with one attached hydrogen (secondary N) is 2. The Bertz CT molecular complexity index is 562. The first-order valence-corrected chi connectivity index (χ1v) is 8.83. The van der Waals surface area contributed by atoms with Crippen LogP contribution in [0.4, 0.5) is 0 Å². The molecular formula is C14H23ClN2O3S. The first-order valence-electron chi connectivity index (χ1n) is 6.97. The molecule has 0 unspecified atom stereocenters. The topological polar surface area (TPSA) is 67.4 Å². The molecule has 7 heteroatoms. The van der Waals surface area contributed by atoms with Gasteiger partial charge in [0.1, 0.15) is 10.6 Å². The van der Waals surface area contributed by atoms with Crippen molar-refractivity contribution in [3.63, 3.8) is 0 Å². The second-order valence-corrected chi connectivity index (χ2v) is 6.90. The summed E-state index contributed by atoms with van der Waals surface area (Å²) in [6.45, 7) is 2.95. The first-order chi connectivity index (χ1) is 9.96. The number of methoxy groups -OCH3 is 1. The van der Waals surface area contributed by atoms with E-state index in [4.69, 9.17) is 16.3 Å². The van der Waals surface area contributed by atoms with Crippen LogP contribution in [0, 0.1) is 0 Å². The number of hydrogen-bond acceptors (Lipinski definition) is 4. The van der Waals surface area contributed by atoms with Crippen LogP contribution in [-0.4, -0.2) is 29.1 Å². The van der Waals surface area contributed by atoms with Crippen molar-refractivity contribution in [1.82, 2.24) is 10.0 Å². The summed E-state index contributed by atoms with van der Waals surface area (Å²) in [6, 6.07) is 3.12. The zero-order chi connectivity index (χ0) is 15.9. The van der Waals surface area contributed by atoms with Crippen molar-refractivity contribution in [3.05, 3.63) is 22.7 Å². The second-order valence-electron chi connectivity index (χ2n) is 4.73. The predicted octanol–water partition coefficient (Wildman–Crippen LogP) is 2.54. The lowest BCUT2D eigenvalue weighted by Crippen LogP contribution is -2.25. The third kappa shape index (κ3) is 5.14. The van der Waals surface area contributed by atoms with Crippen LogP contribution < -0.4 is 14.8 Å². The number of rotatable bonds is 9. The molecule has 0 radical (unpaired) electrons. The van der Waals surface area contributed by atoms with Gasteiger partial charge in [0.25, 0.3) is 0 Å². The molecule has 0 amide bonds. The van der Waals surface area contributed by atoms with Crippen molar-refractivity contribution in [3.8, 4) is 5.75 Å². The maximum absolute atomic E-state index is 12.4. The Hall–Kier alpha value is -0.820. The van der Waals surface area contributed by atoms with Crippen LogP contribution in [0.3, 0.4) is 0 Å². The Balaban J connectivity index is 3.09. The van der Waals surface area contributed by atoms with Crippen molar-refractivity contribution in [2.24, 2.45) is 0 Å². The Morgan fingerprint density at radius 1 is 1.29 bits per heavy atom. The van der Waals surface area contributed by atoms with Gasteiger partial charge < -0.3 is 10.1 Å². The summed E-state index contributed by atoms with van der Waals surface area (Å²) in [7, 11) is -0.402. The van der Waals surface area contributed by atoms with Gasteiger partial charge in [-0.25, -0.2) is 13.1 Å². The maximum atomic E-state index is 12.4. The number of hydrogen-bond donors (Lipinski definition) is 2. The van der Waals surface area contributed by atoms with Gasteiger partial charge in [-0.05, 0) is 25.6 Å². The lowest BCUT2D eigenvalue weighted by atomic mass is 10.2. The SMILES string of the molecule is CCCCCNS(=O)(=O)c1cc(Cl)cc(CNC)c1OC. The second kappa shape index (κ2) is 8.58. The average Bonchev–Trinajstić information content (AvgIpc) is 2.43. The fourth-order valence-electron chi connectivity index (χ4n) is 2.04. The third-order valence-corrected chi connectivity index (χ3v) is 4.71. The molecule has 0 bridgehead atoms. The lowest BCUT2D eigenvalue weighted by Gasteiger charge is -2.15. The summed E-state index contributed by atoms with van der Waals surface area (Å²) in [5, 5.41) is 3.34. The van der Waals surface area contributed by atoms with Crippen LogP contribution in [0.15, 0.2) is 17.0 Å². The molecule has 0 aliphatic carbocycles. The number of halogens is 1. The minimum Gasteiger partial charge on any atom is -0.495 e. The highest BCUT2D eigenvalue weighted by atomic mass is 35.5. The molecule has 120 valence electrons. The largest absolute Gasteiger partial charge is 0.495 e. The summed E-state index contributed by atoms with van der Waals surface area (Å²) in [5.41, 5.74) is 0.710. The van der Waals surface area contributed by atoms with Crippen molar-refractivity contribution in [2.75, 3.05) is 20.7 Å². The van der Waals surface area contributed by atoms with Gasteiger partial charge in [-0.3, -0.25) is 0 Å². The van der Waals surface area contributed by atoms with E-state index in [9.17, 15) is 8.42 Å². The summed E-state index contributed by atoms with van der Waals surface area (Å²) >= 11 is 6.03. The standard InChI is InChI=1S/C14H23ClN2O3S/c1-4-5-6-7-17-21(18,19)13-9-12(15)8-11(10-16-2)14(13)20-3/h8-9,16-17H,4-7,10H2,1-3H3. The Labute approximate surface area is 132 Å². The van der Waals surface area contributed by atoms with Crippen LogP contribution in [0.1, 0.15) is 31.7 Å². The number of benzene rings is 1. The molecule has 1 rings (SSSR count). The first kappa shape index (κ1) is 18.2. The maximum Gasteiger partial charge on any atom is 0.244 e. The fraction of sp³-hybridized carbons (Fsp3) is 0.571. The van der Waals surface area contributed by atoms with Gasteiger partial charge in [0.05, 0.1) is 7.11 Å². The molecule has 0 aromatic heterocycles. The van der Waals surface area contributed by atoms with E-state index in [0.717, 1.165) is 19.3 Å². The number of sulfonamides is 1. The summed E-state index contributed by atoms with van der Waals surface area (Å²) < 4.78 is 32.7. The normalized spacial score (nSPS) is 11.6. The molecule has 0 saturated carbocycles. The molecule has 5 nitrogen and oxygen atoms in total. The minimum atomic E-state index is -3.63. The Morgan fingerprint density at radius 2 is 2.00 bits per heavy atom. The van der Waals surface area contributed by atoms with Gasteiger partial charge in [-0.1, -0.05) is 31.4 Å². The van der Waals surface area contributed by atoms with E-state index in [0.29, 0.717) is 29.4 Å². The summed E-state index contributed by atoms with van der Waals surface area (Å²) in [4.78, 5) is 0.0826. The molecule has 0 aliphatic rings. The molecule has 1 aromatic rings. The van der Waals surface area contributed by atoms with Crippen LogP contribution in [-0.2, 0) is 16.6 Å². The highest BCUT2D eigenvalue weighted by Gasteiger charge is 2.22. The molecule has 0 spiro atoms. The Kier molecular flexibility index (Phi) is 7.45. The van der Waals surface area contributed by atoms with Gasteiger partial charge in [0.2, 0.25) is 10.0 Å². The molecule has 0 heterocycles.